The quantitative estimate of drug-likeness (QED) is 0.943. The minimum Gasteiger partial charge on any atom is -0.345 e. The summed E-state index contributed by atoms with van der Waals surface area (Å²) in [5.41, 5.74) is 7.23. The van der Waals surface area contributed by atoms with E-state index in [0.717, 1.165) is 32.2 Å². The lowest BCUT2D eigenvalue weighted by atomic mass is 10.0. The third-order valence-electron chi connectivity index (χ3n) is 4.80. The first-order valence-corrected chi connectivity index (χ1v) is 8.12. The fraction of sp³-hybridized carbons (Fsp3) is 0.421. The molecule has 22 heavy (non-hydrogen) atoms. The molecule has 0 spiro atoms. The van der Waals surface area contributed by atoms with Gasteiger partial charge in [-0.2, -0.15) is 0 Å². The molecule has 0 aliphatic heterocycles. The molecule has 2 N–H and O–H groups in total. The first-order chi connectivity index (χ1) is 10.6. The predicted octanol–water partition coefficient (Wildman–Crippen LogP) is 2.97. The molecule has 0 heterocycles. The maximum absolute atomic E-state index is 12.4. The Hall–Kier alpha value is -1.87. The van der Waals surface area contributed by atoms with E-state index in [4.69, 9.17) is 5.73 Å². The number of nitrogens with two attached hydrogens (primary N) is 1. The van der Waals surface area contributed by atoms with E-state index in [1.54, 1.807) is 0 Å². The number of hydrogen-bond donors (Lipinski definition) is 1. The van der Waals surface area contributed by atoms with Crippen molar-refractivity contribution in [3.05, 3.63) is 48.0 Å². The van der Waals surface area contributed by atoms with Crippen LogP contribution in [0, 0.1) is 5.92 Å². The van der Waals surface area contributed by atoms with Gasteiger partial charge < -0.3 is 10.6 Å². The average molecular weight is 296 g/mol. The summed E-state index contributed by atoms with van der Waals surface area (Å²) in [6.45, 7) is 0.762. The summed E-state index contributed by atoms with van der Waals surface area (Å²) in [5.74, 6) is 0.390. The number of benzene rings is 2. The van der Waals surface area contributed by atoms with Crippen LogP contribution >= 0.6 is 0 Å². The minimum absolute atomic E-state index is 0.132. The second-order valence-electron chi connectivity index (χ2n) is 6.42. The van der Waals surface area contributed by atoms with Gasteiger partial charge in [0, 0.05) is 25.6 Å². The second-order valence-corrected chi connectivity index (χ2v) is 6.42. The van der Waals surface area contributed by atoms with Gasteiger partial charge in [-0.3, -0.25) is 4.79 Å². The topological polar surface area (TPSA) is 46.3 Å². The number of rotatable bonds is 4. The third kappa shape index (κ3) is 3.14. The molecule has 1 fully saturated rings. The molecule has 2 atom stereocenters. The molecule has 0 aromatic heterocycles. The maximum Gasteiger partial charge on any atom is 0.225 e. The van der Waals surface area contributed by atoms with Crippen molar-refractivity contribution in [2.45, 2.75) is 31.7 Å². The lowest BCUT2D eigenvalue weighted by Crippen LogP contribution is -2.34. The lowest BCUT2D eigenvalue weighted by Gasteiger charge is -2.21. The standard InChI is InChI=1S/C19H24N2O/c1-21(19(22)16-9-10-17(20)13-16)12-11-15-7-4-6-14-5-2-3-8-18(14)15/h2-8,16-17H,9-13,20H2,1H3. The van der Waals surface area contributed by atoms with Crippen molar-refractivity contribution < 1.29 is 4.79 Å². The molecule has 116 valence electrons. The van der Waals surface area contributed by atoms with E-state index in [1.807, 2.05) is 11.9 Å². The highest BCUT2D eigenvalue weighted by Crippen LogP contribution is 2.26. The molecule has 1 aliphatic rings. The number of fused-ring (bicyclic) bond motifs is 1. The molecular weight excluding hydrogens is 272 g/mol. The van der Waals surface area contributed by atoms with Gasteiger partial charge in [-0.25, -0.2) is 0 Å². The van der Waals surface area contributed by atoms with Crippen molar-refractivity contribution in [2.24, 2.45) is 11.7 Å². The summed E-state index contributed by atoms with van der Waals surface area (Å²) in [4.78, 5) is 14.3. The molecule has 2 aromatic carbocycles. The maximum atomic E-state index is 12.4. The smallest absolute Gasteiger partial charge is 0.225 e. The van der Waals surface area contributed by atoms with E-state index >= 15 is 0 Å². The van der Waals surface area contributed by atoms with E-state index in [1.165, 1.54) is 16.3 Å². The van der Waals surface area contributed by atoms with Crippen LogP contribution in [-0.2, 0) is 11.2 Å². The highest BCUT2D eigenvalue weighted by molar-refractivity contribution is 5.85. The average Bonchev–Trinajstić information content (AvgIpc) is 2.98. The molecule has 3 heteroatoms. The number of nitrogens with zero attached hydrogens (tertiary/aromatic N) is 1. The van der Waals surface area contributed by atoms with Crippen molar-refractivity contribution in [2.75, 3.05) is 13.6 Å². The Balaban J connectivity index is 1.65. The number of amides is 1. The Morgan fingerprint density at radius 2 is 1.95 bits per heavy atom. The summed E-state index contributed by atoms with van der Waals surface area (Å²) in [6, 6.07) is 15.0. The summed E-state index contributed by atoms with van der Waals surface area (Å²) in [5, 5.41) is 2.55. The highest BCUT2D eigenvalue weighted by Gasteiger charge is 2.29. The molecule has 1 aliphatic carbocycles. The Morgan fingerprint density at radius 1 is 1.18 bits per heavy atom. The van der Waals surface area contributed by atoms with Crippen LogP contribution in [0.4, 0.5) is 0 Å². The van der Waals surface area contributed by atoms with Crippen molar-refractivity contribution in [1.29, 1.82) is 0 Å². The molecule has 3 rings (SSSR count). The summed E-state index contributed by atoms with van der Waals surface area (Å²) >= 11 is 0. The normalized spacial score (nSPS) is 21.2. The van der Waals surface area contributed by atoms with Crippen molar-refractivity contribution in [1.82, 2.24) is 4.90 Å². The number of likely N-dealkylation sites (N-methyl/N-ethyl adjacent to an activating group) is 1. The van der Waals surface area contributed by atoms with Crippen molar-refractivity contribution in [3.8, 4) is 0 Å². The first kappa shape index (κ1) is 15.0. The lowest BCUT2D eigenvalue weighted by molar-refractivity contribution is -0.134. The number of hydrogen-bond acceptors (Lipinski definition) is 2. The van der Waals surface area contributed by atoms with Crippen LogP contribution in [0.3, 0.4) is 0 Å². The van der Waals surface area contributed by atoms with Gasteiger partial charge in [-0.05, 0) is 42.0 Å². The van der Waals surface area contributed by atoms with Crippen LogP contribution in [0.15, 0.2) is 42.5 Å². The zero-order valence-electron chi connectivity index (χ0n) is 13.2. The molecule has 1 amide bonds. The minimum atomic E-state index is 0.132. The van der Waals surface area contributed by atoms with Gasteiger partial charge in [-0.15, -0.1) is 0 Å². The van der Waals surface area contributed by atoms with Gasteiger partial charge >= 0.3 is 0 Å². The Bertz CT molecular complexity index is 662. The number of carbonyl (C=O) groups is 1. The van der Waals surface area contributed by atoms with Crippen LogP contribution in [0.2, 0.25) is 0 Å². The Labute approximate surface area is 132 Å². The van der Waals surface area contributed by atoms with Gasteiger partial charge in [0.05, 0.1) is 0 Å². The fourth-order valence-corrected chi connectivity index (χ4v) is 3.46. The molecular formula is C19H24N2O. The molecule has 0 radical (unpaired) electrons. The van der Waals surface area contributed by atoms with E-state index in [9.17, 15) is 4.79 Å². The molecule has 3 nitrogen and oxygen atoms in total. The van der Waals surface area contributed by atoms with Crippen LogP contribution in [0.1, 0.15) is 24.8 Å². The van der Waals surface area contributed by atoms with E-state index in [0.29, 0.717) is 0 Å². The summed E-state index contributed by atoms with van der Waals surface area (Å²) in [6.07, 6.45) is 3.66. The van der Waals surface area contributed by atoms with Crippen LogP contribution in [0.25, 0.3) is 10.8 Å². The largest absolute Gasteiger partial charge is 0.345 e. The van der Waals surface area contributed by atoms with Crippen LogP contribution < -0.4 is 5.73 Å². The first-order valence-electron chi connectivity index (χ1n) is 8.12. The summed E-state index contributed by atoms with van der Waals surface area (Å²) < 4.78 is 0. The van der Waals surface area contributed by atoms with Crippen molar-refractivity contribution in [3.63, 3.8) is 0 Å². The van der Waals surface area contributed by atoms with Crippen LogP contribution in [0.5, 0.6) is 0 Å². The zero-order chi connectivity index (χ0) is 15.5. The van der Waals surface area contributed by atoms with Gasteiger partial charge in [0.2, 0.25) is 5.91 Å². The Morgan fingerprint density at radius 3 is 2.73 bits per heavy atom. The second kappa shape index (κ2) is 6.49. The van der Waals surface area contributed by atoms with Crippen LogP contribution in [-0.4, -0.2) is 30.4 Å². The third-order valence-corrected chi connectivity index (χ3v) is 4.80. The number of carbonyl (C=O) groups excluding carboxylic acids is 1. The SMILES string of the molecule is CN(CCc1cccc2ccccc12)C(=O)C1CCC(N)C1. The predicted molar refractivity (Wildman–Crippen MR) is 90.6 cm³/mol. The molecule has 0 saturated heterocycles. The monoisotopic (exact) mass is 296 g/mol. The van der Waals surface area contributed by atoms with E-state index < -0.39 is 0 Å². The molecule has 2 aromatic rings. The fourth-order valence-electron chi connectivity index (χ4n) is 3.46. The summed E-state index contributed by atoms with van der Waals surface area (Å²) in [7, 11) is 1.91. The van der Waals surface area contributed by atoms with Gasteiger partial charge in [-0.1, -0.05) is 42.5 Å². The van der Waals surface area contributed by atoms with Gasteiger partial charge in [0.15, 0.2) is 0 Å². The zero-order valence-corrected chi connectivity index (χ0v) is 13.2. The molecule has 0 bridgehead atoms. The van der Waals surface area contributed by atoms with E-state index in [2.05, 4.69) is 42.5 Å². The Kier molecular flexibility index (Phi) is 4.44. The van der Waals surface area contributed by atoms with Gasteiger partial charge in [0.25, 0.3) is 0 Å². The van der Waals surface area contributed by atoms with E-state index in [-0.39, 0.29) is 17.9 Å². The molecule has 1 saturated carbocycles. The van der Waals surface area contributed by atoms with Gasteiger partial charge in [0.1, 0.15) is 0 Å². The van der Waals surface area contributed by atoms with Crippen molar-refractivity contribution >= 4 is 16.7 Å². The molecule has 2 unspecified atom stereocenters. The highest BCUT2D eigenvalue weighted by atomic mass is 16.2.